The summed E-state index contributed by atoms with van der Waals surface area (Å²) in [6.07, 6.45) is 3.77. The fourth-order valence-corrected chi connectivity index (χ4v) is 2.14. The number of hydrogen-bond acceptors (Lipinski definition) is 5. The minimum Gasteiger partial charge on any atom is -0.465 e. The van der Waals surface area contributed by atoms with E-state index < -0.39 is 5.97 Å². The predicted molar refractivity (Wildman–Crippen MR) is 67.8 cm³/mol. The first kappa shape index (κ1) is 11.9. The normalized spacial score (nSPS) is 14.4. The zero-order chi connectivity index (χ0) is 13.4. The van der Waals surface area contributed by atoms with Crippen LogP contribution in [0, 0.1) is 6.92 Å². The van der Waals surface area contributed by atoms with Crippen molar-refractivity contribution in [2.45, 2.75) is 25.7 Å². The highest BCUT2D eigenvalue weighted by Crippen LogP contribution is 2.44. The molecule has 0 unspecified atom stereocenters. The molecule has 0 bridgehead atoms. The van der Waals surface area contributed by atoms with Crippen LogP contribution in [0.1, 0.15) is 40.6 Å². The van der Waals surface area contributed by atoms with Gasteiger partial charge >= 0.3 is 5.97 Å². The van der Waals surface area contributed by atoms with Gasteiger partial charge in [0.05, 0.1) is 7.11 Å². The molecule has 0 saturated heterocycles. The number of methoxy groups -OCH3 is 1. The minimum atomic E-state index is -0.401. The molecule has 0 N–H and O–H groups in total. The van der Waals surface area contributed by atoms with Crippen molar-refractivity contribution in [2.24, 2.45) is 0 Å². The van der Waals surface area contributed by atoms with Crippen molar-refractivity contribution < 1.29 is 14.1 Å². The molecule has 0 amide bonds. The summed E-state index contributed by atoms with van der Waals surface area (Å²) in [5.74, 6) is 0.541. The molecule has 1 aliphatic rings. The maximum Gasteiger partial charge on any atom is 0.343 e. The number of nitrogens with zero attached hydrogens (tertiary/aromatic N) is 2. The highest BCUT2D eigenvalue weighted by molar-refractivity contribution is 5.97. The molecule has 2 heterocycles. The third-order valence-corrected chi connectivity index (χ3v) is 3.32. The van der Waals surface area contributed by atoms with Gasteiger partial charge in [-0.05, 0) is 31.9 Å². The summed E-state index contributed by atoms with van der Waals surface area (Å²) >= 11 is 0. The van der Waals surface area contributed by atoms with Crippen LogP contribution < -0.4 is 0 Å². The van der Waals surface area contributed by atoms with Gasteiger partial charge in [-0.2, -0.15) is 0 Å². The first-order chi connectivity index (χ1) is 9.22. The number of aryl methyl sites for hydroxylation is 1. The second-order valence-corrected chi connectivity index (χ2v) is 4.67. The molecule has 2 aromatic rings. The average molecular weight is 258 g/mol. The third kappa shape index (κ3) is 2.01. The van der Waals surface area contributed by atoms with Crippen molar-refractivity contribution >= 4 is 5.97 Å². The van der Waals surface area contributed by atoms with Gasteiger partial charge in [-0.1, -0.05) is 5.16 Å². The Hall–Kier alpha value is -2.17. The first-order valence-electron chi connectivity index (χ1n) is 6.22. The lowest BCUT2D eigenvalue weighted by atomic mass is 10.0. The van der Waals surface area contributed by atoms with Crippen LogP contribution in [0.15, 0.2) is 22.9 Å². The lowest BCUT2D eigenvalue weighted by Crippen LogP contribution is -2.05. The summed E-state index contributed by atoms with van der Waals surface area (Å²) < 4.78 is 10.2. The fourth-order valence-electron chi connectivity index (χ4n) is 2.14. The second-order valence-electron chi connectivity index (χ2n) is 4.67. The summed E-state index contributed by atoms with van der Waals surface area (Å²) in [6, 6.07) is 3.69. The van der Waals surface area contributed by atoms with E-state index in [1.807, 2.05) is 19.1 Å². The predicted octanol–water partition coefficient (Wildman–Crippen LogP) is 2.71. The molecule has 0 spiro atoms. The van der Waals surface area contributed by atoms with Gasteiger partial charge in [0.1, 0.15) is 11.3 Å². The Balaban J connectivity index is 2.16. The zero-order valence-corrected chi connectivity index (χ0v) is 10.8. The van der Waals surface area contributed by atoms with Crippen molar-refractivity contribution in [1.29, 1.82) is 0 Å². The van der Waals surface area contributed by atoms with Gasteiger partial charge < -0.3 is 9.26 Å². The van der Waals surface area contributed by atoms with Crippen LogP contribution in [-0.4, -0.2) is 23.2 Å². The number of esters is 1. The SMILES string of the molecule is COC(=O)c1c(-c2cccnc2C)noc1C1CC1. The summed E-state index contributed by atoms with van der Waals surface area (Å²) in [7, 11) is 1.37. The molecule has 98 valence electrons. The fraction of sp³-hybridized carbons (Fsp3) is 0.357. The topological polar surface area (TPSA) is 65.2 Å². The van der Waals surface area contributed by atoms with Crippen LogP contribution in [0.4, 0.5) is 0 Å². The van der Waals surface area contributed by atoms with Crippen molar-refractivity contribution in [1.82, 2.24) is 10.1 Å². The number of pyridine rings is 1. The Morgan fingerprint density at radius 3 is 2.89 bits per heavy atom. The molecule has 0 aromatic carbocycles. The molecule has 1 saturated carbocycles. The maximum absolute atomic E-state index is 12.0. The Bertz CT molecular complexity index is 629. The van der Waals surface area contributed by atoms with Gasteiger partial charge in [0.25, 0.3) is 0 Å². The number of rotatable bonds is 3. The van der Waals surface area contributed by atoms with Crippen molar-refractivity contribution in [3.05, 3.63) is 35.3 Å². The van der Waals surface area contributed by atoms with E-state index in [0.717, 1.165) is 24.1 Å². The van der Waals surface area contributed by atoms with E-state index in [2.05, 4.69) is 10.1 Å². The molecule has 1 aliphatic carbocycles. The zero-order valence-electron chi connectivity index (χ0n) is 10.8. The summed E-state index contributed by atoms with van der Waals surface area (Å²) in [5.41, 5.74) is 2.59. The van der Waals surface area contributed by atoms with Gasteiger partial charge in [-0.15, -0.1) is 0 Å². The molecular formula is C14H14N2O3. The van der Waals surface area contributed by atoms with E-state index in [1.165, 1.54) is 7.11 Å². The third-order valence-electron chi connectivity index (χ3n) is 3.32. The lowest BCUT2D eigenvalue weighted by Gasteiger charge is -2.03. The lowest BCUT2D eigenvalue weighted by molar-refractivity contribution is 0.0599. The van der Waals surface area contributed by atoms with E-state index in [9.17, 15) is 4.79 Å². The molecule has 0 aliphatic heterocycles. The van der Waals surface area contributed by atoms with E-state index in [0.29, 0.717) is 22.9 Å². The molecule has 3 rings (SSSR count). The van der Waals surface area contributed by atoms with Crippen LogP contribution >= 0.6 is 0 Å². The average Bonchev–Trinajstić information content (AvgIpc) is 3.18. The van der Waals surface area contributed by atoms with Crippen LogP contribution in [0.2, 0.25) is 0 Å². The molecule has 2 aromatic heterocycles. The molecular weight excluding hydrogens is 244 g/mol. The maximum atomic E-state index is 12.0. The van der Waals surface area contributed by atoms with Gasteiger partial charge in [-0.3, -0.25) is 4.98 Å². The number of aromatic nitrogens is 2. The van der Waals surface area contributed by atoms with Crippen molar-refractivity contribution in [3.8, 4) is 11.3 Å². The van der Waals surface area contributed by atoms with E-state index >= 15 is 0 Å². The standard InChI is InChI=1S/C14H14N2O3/c1-8-10(4-3-7-15-8)12-11(14(17)18-2)13(19-16-12)9-5-6-9/h3-4,7,9H,5-6H2,1-2H3. The largest absolute Gasteiger partial charge is 0.465 e. The number of carbonyl (C=O) groups excluding carboxylic acids is 1. The van der Waals surface area contributed by atoms with Crippen LogP contribution in [-0.2, 0) is 4.74 Å². The Kier molecular flexibility index (Phi) is 2.81. The van der Waals surface area contributed by atoms with Gasteiger partial charge in [0.2, 0.25) is 0 Å². The molecule has 19 heavy (non-hydrogen) atoms. The molecule has 5 heteroatoms. The minimum absolute atomic E-state index is 0.298. The second kappa shape index (κ2) is 4.50. The van der Waals surface area contributed by atoms with Gasteiger partial charge in [-0.25, -0.2) is 4.79 Å². The van der Waals surface area contributed by atoms with Crippen LogP contribution in [0.5, 0.6) is 0 Å². The van der Waals surface area contributed by atoms with Crippen LogP contribution in [0.3, 0.4) is 0 Å². The number of ether oxygens (including phenoxy) is 1. The molecule has 0 radical (unpaired) electrons. The van der Waals surface area contributed by atoms with Gasteiger partial charge in [0.15, 0.2) is 5.76 Å². The Morgan fingerprint density at radius 1 is 1.47 bits per heavy atom. The van der Waals surface area contributed by atoms with E-state index in [-0.39, 0.29) is 0 Å². The highest BCUT2D eigenvalue weighted by Gasteiger charge is 2.36. The Labute approximate surface area is 110 Å². The molecule has 1 fully saturated rings. The summed E-state index contributed by atoms with van der Waals surface area (Å²) in [6.45, 7) is 1.88. The van der Waals surface area contributed by atoms with Crippen molar-refractivity contribution in [2.75, 3.05) is 7.11 Å². The first-order valence-corrected chi connectivity index (χ1v) is 6.22. The van der Waals surface area contributed by atoms with Gasteiger partial charge in [0, 0.05) is 23.4 Å². The summed E-state index contributed by atoms with van der Waals surface area (Å²) in [4.78, 5) is 16.2. The Morgan fingerprint density at radius 2 is 2.26 bits per heavy atom. The van der Waals surface area contributed by atoms with E-state index in [1.54, 1.807) is 6.20 Å². The molecule has 0 atom stereocenters. The van der Waals surface area contributed by atoms with E-state index in [4.69, 9.17) is 9.26 Å². The number of carbonyl (C=O) groups is 1. The van der Waals surface area contributed by atoms with Crippen LogP contribution in [0.25, 0.3) is 11.3 Å². The summed E-state index contributed by atoms with van der Waals surface area (Å²) in [5, 5.41) is 4.06. The highest BCUT2D eigenvalue weighted by atomic mass is 16.5. The number of hydrogen-bond donors (Lipinski definition) is 0. The molecule has 5 nitrogen and oxygen atoms in total. The quantitative estimate of drug-likeness (QED) is 0.792. The van der Waals surface area contributed by atoms with Crippen molar-refractivity contribution in [3.63, 3.8) is 0 Å². The smallest absolute Gasteiger partial charge is 0.343 e. The monoisotopic (exact) mass is 258 g/mol.